The SMILES string of the molecule is COc1ccc(-c2c[nH]c3c(N(C)CC(C)C)ccc(F)c3c2=O)cc1. The van der Waals surface area contributed by atoms with Gasteiger partial charge in [0.1, 0.15) is 11.6 Å². The second-order valence-electron chi connectivity index (χ2n) is 6.85. The molecule has 0 atom stereocenters. The van der Waals surface area contributed by atoms with Gasteiger partial charge in [-0.3, -0.25) is 4.79 Å². The minimum Gasteiger partial charge on any atom is -0.497 e. The highest BCUT2D eigenvalue weighted by Gasteiger charge is 2.16. The number of nitrogens with one attached hydrogen (secondary N) is 1. The number of rotatable bonds is 5. The fourth-order valence-electron chi connectivity index (χ4n) is 3.23. The van der Waals surface area contributed by atoms with E-state index in [1.807, 2.05) is 11.9 Å². The van der Waals surface area contributed by atoms with Gasteiger partial charge in [-0.1, -0.05) is 26.0 Å². The van der Waals surface area contributed by atoms with E-state index < -0.39 is 5.82 Å². The van der Waals surface area contributed by atoms with E-state index >= 15 is 0 Å². The first kappa shape index (κ1) is 18.0. The lowest BCUT2D eigenvalue weighted by atomic mass is 10.0. The minimum atomic E-state index is -0.515. The van der Waals surface area contributed by atoms with Crippen molar-refractivity contribution < 1.29 is 9.13 Å². The van der Waals surface area contributed by atoms with Crippen LogP contribution in [0.4, 0.5) is 10.1 Å². The van der Waals surface area contributed by atoms with E-state index in [1.54, 1.807) is 43.6 Å². The quantitative estimate of drug-likeness (QED) is 0.737. The van der Waals surface area contributed by atoms with Gasteiger partial charge in [0, 0.05) is 25.4 Å². The lowest BCUT2D eigenvalue weighted by Gasteiger charge is -2.23. The molecule has 0 unspecified atom stereocenters. The van der Waals surface area contributed by atoms with Crippen LogP contribution >= 0.6 is 0 Å². The molecule has 4 nitrogen and oxygen atoms in total. The number of fused-ring (bicyclic) bond motifs is 1. The van der Waals surface area contributed by atoms with Crippen molar-refractivity contribution in [3.63, 3.8) is 0 Å². The molecule has 0 fully saturated rings. The van der Waals surface area contributed by atoms with E-state index in [0.29, 0.717) is 28.3 Å². The Kier molecular flexibility index (Phi) is 4.98. The number of H-pyrrole nitrogens is 1. The molecule has 2 aromatic carbocycles. The zero-order valence-electron chi connectivity index (χ0n) is 15.5. The van der Waals surface area contributed by atoms with Crippen LogP contribution < -0.4 is 15.1 Å². The Morgan fingerprint density at radius 2 is 1.85 bits per heavy atom. The maximum absolute atomic E-state index is 14.5. The number of halogens is 1. The van der Waals surface area contributed by atoms with Crippen molar-refractivity contribution in [1.82, 2.24) is 4.98 Å². The summed E-state index contributed by atoms with van der Waals surface area (Å²) in [5.74, 6) is 0.637. The second-order valence-corrected chi connectivity index (χ2v) is 6.85. The first-order valence-corrected chi connectivity index (χ1v) is 8.61. The highest BCUT2D eigenvalue weighted by molar-refractivity contribution is 5.93. The molecule has 0 saturated carbocycles. The zero-order chi connectivity index (χ0) is 18.8. The molecule has 0 spiro atoms. The molecule has 136 valence electrons. The van der Waals surface area contributed by atoms with E-state index in [9.17, 15) is 9.18 Å². The number of anilines is 1. The minimum absolute atomic E-state index is 0.0893. The summed E-state index contributed by atoms with van der Waals surface area (Å²) in [7, 11) is 3.53. The Labute approximate surface area is 152 Å². The number of methoxy groups -OCH3 is 1. The number of hydrogen-bond acceptors (Lipinski definition) is 3. The predicted molar refractivity (Wildman–Crippen MR) is 105 cm³/mol. The summed E-state index contributed by atoms with van der Waals surface area (Å²) in [5, 5.41) is 0.0893. The average Bonchev–Trinajstić information content (AvgIpc) is 2.61. The molecule has 1 N–H and O–H groups in total. The average molecular weight is 354 g/mol. The van der Waals surface area contributed by atoms with Crippen LogP contribution in [0, 0.1) is 11.7 Å². The zero-order valence-corrected chi connectivity index (χ0v) is 15.5. The predicted octanol–water partition coefficient (Wildman–Crippen LogP) is 4.44. The number of aromatic nitrogens is 1. The van der Waals surface area contributed by atoms with Crippen LogP contribution in [0.25, 0.3) is 22.0 Å². The van der Waals surface area contributed by atoms with Crippen LogP contribution in [-0.2, 0) is 0 Å². The Hall–Kier alpha value is -2.82. The second kappa shape index (κ2) is 7.20. The summed E-state index contributed by atoms with van der Waals surface area (Å²) in [5.41, 5.74) is 2.17. The van der Waals surface area contributed by atoms with E-state index in [2.05, 4.69) is 18.8 Å². The summed E-state index contributed by atoms with van der Waals surface area (Å²) in [4.78, 5) is 18.2. The van der Waals surface area contributed by atoms with Gasteiger partial charge in [-0.2, -0.15) is 0 Å². The highest BCUT2D eigenvalue weighted by atomic mass is 19.1. The number of nitrogens with zero attached hydrogens (tertiary/aromatic N) is 1. The number of ether oxygens (including phenoxy) is 1. The topological polar surface area (TPSA) is 45.3 Å². The van der Waals surface area contributed by atoms with Crippen LogP contribution in [0.2, 0.25) is 0 Å². The van der Waals surface area contributed by atoms with Crippen LogP contribution in [-0.4, -0.2) is 25.7 Å². The first-order valence-electron chi connectivity index (χ1n) is 8.61. The molecular weight excluding hydrogens is 331 g/mol. The Bertz CT molecular complexity index is 978. The standard InChI is InChI=1S/C21H23FN2O2/c1-13(2)12-24(3)18-10-9-17(22)19-20(18)23-11-16(21(19)25)14-5-7-15(26-4)8-6-14/h5-11,13H,12H2,1-4H3,(H,23,25). The van der Waals surface area contributed by atoms with Gasteiger partial charge < -0.3 is 14.6 Å². The molecule has 0 saturated heterocycles. The summed E-state index contributed by atoms with van der Waals surface area (Å²) >= 11 is 0. The van der Waals surface area contributed by atoms with Crippen LogP contribution in [0.3, 0.4) is 0 Å². The van der Waals surface area contributed by atoms with E-state index in [0.717, 1.165) is 12.2 Å². The number of pyridine rings is 1. The van der Waals surface area contributed by atoms with Crippen LogP contribution in [0.15, 0.2) is 47.4 Å². The van der Waals surface area contributed by atoms with Crippen LogP contribution in [0.5, 0.6) is 5.75 Å². The molecular formula is C21H23FN2O2. The molecule has 0 radical (unpaired) electrons. The molecule has 1 aromatic heterocycles. The molecule has 3 aromatic rings. The fraction of sp³-hybridized carbons (Fsp3) is 0.286. The lowest BCUT2D eigenvalue weighted by molar-refractivity contribution is 0.415. The van der Waals surface area contributed by atoms with Gasteiger partial charge in [-0.05, 0) is 35.7 Å². The maximum Gasteiger partial charge on any atom is 0.200 e. The third kappa shape index (κ3) is 3.29. The van der Waals surface area contributed by atoms with Crippen molar-refractivity contribution in [2.45, 2.75) is 13.8 Å². The third-order valence-electron chi connectivity index (χ3n) is 4.42. The smallest absolute Gasteiger partial charge is 0.200 e. The van der Waals surface area contributed by atoms with Gasteiger partial charge in [0.2, 0.25) is 0 Å². The lowest BCUT2D eigenvalue weighted by Crippen LogP contribution is -2.23. The number of benzene rings is 2. The Morgan fingerprint density at radius 1 is 1.15 bits per heavy atom. The molecule has 26 heavy (non-hydrogen) atoms. The largest absolute Gasteiger partial charge is 0.497 e. The first-order chi connectivity index (χ1) is 12.4. The molecule has 0 bridgehead atoms. The Balaban J connectivity index is 2.17. The number of hydrogen-bond donors (Lipinski definition) is 1. The molecule has 0 aliphatic carbocycles. The molecule has 5 heteroatoms. The van der Waals surface area contributed by atoms with Crippen molar-refractivity contribution in [3.05, 3.63) is 58.6 Å². The summed E-state index contributed by atoms with van der Waals surface area (Å²) < 4.78 is 19.7. The van der Waals surface area contributed by atoms with Crippen molar-refractivity contribution in [3.8, 4) is 16.9 Å². The highest BCUT2D eigenvalue weighted by Crippen LogP contribution is 2.28. The van der Waals surface area contributed by atoms with Gasteiger partial charge in [-0.25, -0.2) is 4.39 Å². The number of aromatic amines is 1. The van der Waals surface area contributed by atoms with Gasteiger partial charge >= 0.3 is 0 Å². The van der Waals surface area contributed by atoms with Crippen molar-refractivity contribution in [1.29, 1.82) is 0 Å². The van der Waals surface area contributed by atoms with E-state index in [4.69, 9.17) is 4.74 Å². The van der Waals surface area contributed by atoms with Gasteiger partial charge in [0.25, 0.3) is 0 Å². The van der Waals surface area contributed by atoms with Crippen molar-refractivity contribution >= 4 is 16.6 Å². The van der Waals surface area contributed by atoms with Gasteiger partial charge in [-0.15, -0.1) is 0 Å². The summed E-state index contributed by atoms with van der Waals surface area (Å²) in [6, 6.07) is 10.2. The van der Waals surface area contributed by atoms with Gasteiger partial charge in [0.05, 0.1) is 23.7 Å². The third-order valence-corrected chi connectivity index (χ3v) is 4.42. The fourth-order valence-corrected chi connectivity index (χ4v) is 3.23. The van der Waals surface area contributed by atoms with Crippen molar-refractivity contribution in [2.24, 2.45) is 5.92 Å². The molecule has 0 aliphatic rings. The monoisotopic (exact) mass is 354 g/mol. The summed E-state index contributed by atoms with van der Waals surface area (Å²) in [6.07, 6.45) is 1.65. The van der Waals surface area contributed by atoms with E-state index in [1.165, 1.54) is 6.07 Å². The molecule has 0 amide bonds. The summed E-state index contributed by atoms with van der Waals surface area (Å²) in [6.45, 7) is 5.04. The molecule has 0 aliphatic heterocycles. The van der Waals surface area contributed by atoms with E-state index in [-0.39, 0.29) is 10.8 Å². The normalized spacial score (nSPS) is 11.2. The Morgan fingerprint density at radius 3 is 2.46 bits per heavy atom. The maximum atomic E-state index is 14.5. The van der Waals surface area contributed by atoms with Gasteiger partial charge in [0.15, 0.2) is 5.43 Å². The van der Waals surface area contributed by atoms with Crippen LogP contribution in [0.1, 0.15) is 13.8 Å². The molecule has 3 rings (SSSR count). The molecule has 1 heterocycles. The van der Waals surface area contributed by atoms with Crippen molar-refractivity contribution in [2.75, 3.05) is 25.6 Å².